The summed E-state index contributed by atoms with van der Waals surface area (Å²) < 4.78 is 5.04. The van der Waals surface area contributed by atoms with E-state index < -0.39 is 0 Å². The molecular weight excluding hydrogens is 314 g/mol. The van der Waals surface area contributed by atoms with E-state index in [1.807, 2.05) is 32.0 Å². The van der Waals surface area contributed by atoms with Gasteiger partial charge in [-0.15, -0.1) is 0 Å². The van der Waals surface area contributed by atoms with Crippen LogP contribution < -0.4 is 5.32 Å². The molecule has 0 aliphatic carbocycles. The molecule has 0 saturated carbocycles. The smallest absolute Gasteiger partial charge is 0.330 e. The van der Waals surface area contributed by atoms with Crippen LogP contribution in [0.1, 0.15) is 26.0 Å². The molecule has 1 N–H and O–H groups in total. The van der Waals surface area contributed by atoms with Gasteiger partial charge in [-0.3, -0.25) is 9.88 Å². The Morgan fingerprint density at radius 2 is 2.24 bits per heavy atom. The SMILES string of the molecule is C=CC(=O)OCCCN(CC1=CC=CCN1)Cc1ccccn1.CC. The van der Waals surface area contributed by atoms with E-state index in [1.165, 1.54) is 11.8 Å². The Morgan fingerprint density at radius 1 is 1.40 bits per heavy atom. The molecule has 136 valence electrons. The summed E-state index contributed by atoms with van der Waals surface area (Å²) in [5.41, 5.74) is 2.22. The summed E-state index contributed by atoms with van der Waals surface area (Å²) in [5.74, 6) is -0.372. The average Bonchev–Trinajstić information content (AvgIpc) is 2.68. The van der Waals surface area contributed by atoms with Crippen molar-refractivity contribution in [1.82, 2.24) is 15.2 Å². The van der Waals surface area contributed by atoms with E-state index in [9.17, 15) is 4.79 Å². The van der Waals surface area contributed by atoms with Gasteiger partial charge >= 0.3 is 5.97 Å². The van der Waals surface area contributed by atoms with Gasteiger partial charge in [0.2, 0.25) is 0 Å². The molecule has 1 aliphatic heterocycles. The lowest BCUT2D eigenvalue weighted by Crippen LogP contribution is -2.32. The Kier molecular flexibility index (Phi) is 10.7. The monoisotopic (exact) mass is 343 g/mol. The highest BCUT2D eigenvalue weighted by Gasteiger charge is 2.10. The first kappa shape index (κ1) is 20.6. The molecule has 0 atom stereocenters. The maximum atomic E-state index is 11.1. The Balaban J connectivity index is 0.00000151. The fourth-order valence-electron chi connectivity index (χ4n) is 2.31. The molecule has 1 aromatic heterocycles. The third-order valence-corrected chi connectivity index (χ3v) is 3.42. The van der Waals surface area contributed by atoms with E-state index in [4.69, 9.17) is 4.74 Å². The van der Waals surface area contributed by atoms with Crippen molar-refractivity contribution in [2.24, 2.45) is 0 Å². The zero-order chi connectivity index (χ0) is 18.3. The van der Waals surface area contributed by atoms with E-state index in [-0.39, 0.29) is 5.97 Å². The van der Waals surface area contributed by atoms with Crippen LogP contribution >= 0.6 is 0 Å². The van der Waals surface area contributed by atoms with E-state index in [0.29, 0.717) is 6.61 Å². The number of nitrogens with zero attached hydrogens (tertiary/aromatic N) is 2. The molecule has 0 fully saturated rings. The summed E-state index contributed by atoms with van der Waals surface area (Å²) in [6.45, 7) is 11.1. The largest absolute Gasteiger partial charge is 0.462 e. The molecule has 0 unspecified atom stereocenters. The molecule has 0 radical (unpaired) electrons. The number of aromatic nitrogens is 1. The zero-order valence-electron chi connectivity index (χ0n) is 15.3. The lowest BCUT2D eigenvalue weighted by molar-refractivity contribution is -0.137. The number of carbonyl (C=O) groups excluding carboxylic acids is 1. The second-order valence-electron chi connectivity index (χ2n) is 5.26. The van der Waals surface area contributed by atoms with Gasteiger partial charge in [-0.2, -0.15) is 0 Å². The first-order valence-electron chi connectivity index (χ1n) is 8.79. The van der Waals surface area contributed by atoms with E-state index in [0.717, 1.165) is 38.3 Å². The quantitative estimate of drug-likeness (QED) is 0.424. The third-order valence-electron chi connectivity index (χ3n) is 3.42. The number of carbonyl (C=O) groups is 1. The van der Waals surface area contributed by atoms with Crippen LogP contribution in [0, 0.1) is 0 Å². The maximum Gasteiger partial charge on any atom is 0.330 e. The second kappa shape index (κ2) is 13.0. The van der Waals surface area contributed by atoms with Gasteiger partial charge in [-0.25, -0.2) is 4.79 Å². The van der Waals surface area contributed by atoms with Crippen molar-refractivity contribution in [3.05, 3.63) is 66.7 Å². The maximum absolute atomic E-state index is 11.1. The molecule has 2 heterocycles. The van der Waals surface area contributed by atoms with Gasteiger partial charge < -0.3 is 10.1 Å². The van der Waals surface area contributed by atoms with Crippen LogP contribution in [0.2, 0.25) is 0 Å². The van der Waals surface area contributed by atoms with Gasteiger partial charge in [-0.05, 0) is 24.6 Å². The predicted octanol–water partition coefficient (Wildman–Crippen LogP) is 3.07. The number of hydrogen-bond acceptors (Lipinski definition) is 5. The molecule has 0 spiro atoms. The van der Waals surface area contributed by atoms with Crippen LogP contribution in [0.4, 0.5) is 0 Å². The highest BCUT2D eigenvalue weighted by atomic mass is 16.5. The molecule has 0 saturated heterocycles. The van der Waals surface area contributed by atoms with E-state index in [2.05, 4.69) is 40.0 Å². The number of allylic oxidation sites excluding steroid dienone is 2. The summed E-state index contributed by atoms with van der Waals surface area (Å²) in [6, 6.07) is 5.93. The van der Waals surface area contributed by atoms with Crippen molar-refractivity contribution in [2.45, 2.75) is 26.8 Å². The highest BCUT2D eigenvalue weighted by Crippen LogP contribution is 2.07. The molecule has 0 bridgehead atoms. The Morgan fingerprint density at radius 3 is 2.88 bits per heavy atom. The summed E-state index contributed by atoms with van der Waals surface area (Å²) in [7, 11) is 0. The second-order valence-corrected chi connectivity index (χ2v) is 5.26. The van der Waals surface area contributed by atoms with Crippen LogP contribution in [0.3, 0.4) is 0 Å². The fraction of sp³-hybridized carbons (Fsp3) is 0.400. The first-order chi connectivity index (χ1) is 12.3. The number of pyridine rings is 1. The standard InChI is InChI=1S/C18H23N3O2.C2H6/c1-2-18(22)23-13-7-12-21(14-16-8-3-5-10-19-16)15-17-9-4-6-11-20-17;1-2/h2-6,8-10,20H,1,7,11-15H2;1-2H3. The molecule has 2 rings (SSSR count). The van der Waals surface area contributed by atoms with Crippen molar-refractivity contribution in [3.63, 3.8) is 0 Å². The zero-order valence-corrected chi connectivity index (χ0v) is 15.3. The van der Waals surface area contributed by atoms with Gasteiger partial charge in [0.25, 0.3) is 0 Å². The first-order valence-corrected chi connectivity index (χ1v) is 8.79. The Labute approximate surface area is 151 Å². The summed E-state index contributed by atoms with van der Waals surface area (Å²) in [5, 5.41) is 3.37. The molecule has 25 heavy (non-hydrogen) atoms. The molecule has 5 nitrogen and oxygen atoms in total. The number of hydrogen-bond donors (Lipinski definition) is 1. The van der Waals surface area contributed by atoms with Gasteiger partial charge in [0.15, 0.2) is 0 Å². The van der Waals surface area contributed by atoms with Crippen molar-refractivity contribution in [1.29, 1.82) is 0 Å². The van der Waals surface area contributed by atoms with Crippen molar-refractivity contribution in [2.75, 3.05) is 26.2 Å². The van der Waals surface area contributed by atoms with E-state index >= 15 is 0 Å². The molecule has 0 aromatic carbocycles. The number of ether oxygens (including phenoxy) is 1. The van der Waals surface area contributed by atoms with Crippen molar-refractivity contribution >= 4 is 5.97 Å². The minimum Gasteiger partial charge on any atom is -0.462 e. The minimum atomic E-state index is -0.372. The topological polar surface area (TPSA) is 54.5 Å². The van der Waals surface area contributed by atoms with Crippen LogP contribution in [0.15, 0.2) is 61.0 Å². The van der Waals surface area contributed by atoms with Gasteiger partial charge in [0, 0.05) is 44.1 Å². The van der Waals surface area contributed by atoms with Crippen LogP contribution in [0.5, 0.6) is 0 Å². The number of nitrogens with one attached hydrogen (secondary N) is 1. The molecule has 1 aromatic rings. The lowest BCUT2D eigenvalue weighted by atomic mass is 10.2. The minimum absolute atomic E-state index is 0.372. The predicted molar refractivity (Wildman–Crippen MR) is 102 cm³/mol. The van der Waals surface area contributed by atoms with Crippen LogP contribution in [-0.4, -0.2) is 42.1 Å². The number of rotatable bonds is 9. The fourth-order valence-corrected chi connectivity index (χ4v) is 2.31. The molecule has 0 amide bonds. The van der Waals surface area contributed by atoms with E-state index in [1.54, 1.807) is 6.20 Å². The Bertz CT molecular complexity index is 568. The molecule has 5 heteroatoms. The average molecular weight is 343 g/mol. The van der Waals surface area contributed by atoms with Crippen LogP contribution in [-0.2, 0) is 16.1 Å². The van der Waals surface area contributed by atoms with Gasteiger partial charge in [-0.1, -0.05) is 38.6 Å². The van der Waals surface area contributed by atoms with Crippen molar-refractivity contribution < 1.29 is 9.53 Å². The normalized spacial score (nSPS) is 12.5. The molecule has 1 aliphatic rings. The summed E-state index contributed by atoms with van der Waals surface area (Å²) in [6.07, 6.45) is 10.0. The summed E-state index contributed by atoms with van der Waals surface area (Å²) in [4.78, 5) is 17.8. The highest BCUT2D eigenvalue weighted by molar-refractivity contribution is 5.81. The number of dihydropyridines is 1. The molecular formula is C20H29N3O2. The van der Waals surface area contributed by atoms with Gasteiger partial charge in [0.05, 0.1) is 12.3 Å². The van der Waals surface area contributed by atoms with Crippen LogP contribution in [0.25, 0.3) is 0 Å². The lowest BCUT2D eigenvalue weighted by Gasteiger charge is -2.24. The summed E-state index contributed by atoms with van der Waals surface area (Å²) >= 11 is 0. The number of esters is 1. The van der Waals surface area contributed by atoms with Crippen molar-refractivity contribution in [3.8, 4) is 0 Å². The van der Waals surface area contributed by atoms with Gasteiger partial charge in [0.1, 0.15) is 0 Å². The Hall–Kier alpha value is -2.40. The third kappa shape index (κ3) is 8.86.